The first-order valence-corrected chi connectivity index (χ1v) is 12.3. The zero-order chi connectivity index (χ0) is 23.3. The van der Waals surface area contributed by atoms with E-state index in [-0.39, 0.29) is 12.5 Å². The second-order valence-electron chi connectivity index (χ2n) is 7.67. The molecule has 0 aliphatic carbocycles. The van der Waals surface area contributed by atoms with Gasteiger partial charge in [-0.3, -0.25) is 9.10 Å². The lowest BCUT2D eigenvalue weighted by molar-refractivity contribution is 0.102. The molecule has 0 heterocycles. The third-order valence-electron chi connectivity index (χ3n) is 5.25. The van der Waals surface area contributed by atoms with Crippen molar-refractivity contribution in [2.24, 2.45) is 0 Å². The number of hydrogen-bond acceptors (Lipinski definition) is 3. The lowest BCUT2D eigenvalue weighted by atomic mass is 10.0. The molecule has 4 aromatic carbocycles. The molecule has 0 spiro atoms. The molecule has 0 aromatic heterocycles. The van der Waals surface area contributed by atoms with E-state index in [0.717, 1.165) is 16.7 Å². The van der Waals surface area contributed by atoms with E-state index in [1.807, 2.05) is 84.9 Å². The van der Waals surface area contributed by atoms with Crippen LogP contribution in [0.3, 0.4) is 0 Å². The van der Waals surface area contributed by atoms with Crippen LogP contribution in [0.1, 0.15) is 15.9 Å². The topological polar surface area (TPSA) is 66.5 Å². The zero-order valence-corrected chi connectivity index (χ0v) is 19.0. The molecule has 0 bridgehead atoms. The van der Waals surface area contributed by atoms with Gasteiger partial charge in [-0.05, 0) is 41.5 Å². The Kier molecular flexibility index (Phi) is 6.56. The molecular weight excluding hydrogens is 432 g/mol. The molecule has 0 unspecified atom stereocenters. The first-order valence-electron chi connectivity index (χ1n) is 10.5. The summed E-state index contributed by atoms with van der Waals surface area (Å²) >= 11 is 0. The summed E-state index contributed by atoms with van der Waals surface area (Å²) < 4.78 is 26.2. The Balaban J connectivity index is 1.55. The number of anilines is 2. The normalized spacial score (nSPS) is 11.1. The van der Waals surface area contributed by atoms with Crippen LogP contribution < -0.4 is 9.62 Å². The summed E-state index contributed by atoms with van der Waals surface area (Å²) in [5.74, 6) is -0.265. The van der Waals surface area contributed by atoms with Crippen LogP contribution in [-0.2, 0) is 16.6 Å². The minimum Gasteiger partial charge on any atom is -0.321 e. The van der Waals surface area contributed by atoms with Crippen molar-refractivity contribution in [2.45, 2.75) is 6.54 Å². The van der Waals surface area contributed by atoms with Gasteiger partial charge in [0.1, 0.15) is 0 Å². The average Bonchev–Trinajstić information content (AvgIpc) is 2.83. The maximum Gasteiger partial charge on any atom is 0.255 e. The van der Waals surface area contributed by atoms with Gasteiger partial charge in [-0.1, -0.05) is 78.9 Å². The van der Waals surface area contributed by atoms with E-state index in [1.54, 1.807) is 24.3 Å². The molecule has 1 N–H and O–H groups in total. The highest BCUT2D eigenvalue weighted by atomic mass is 32.2. The van der Waals surface area contributed by atoms with Crippen LogP contribution in [0, 0.1) is 0 Å². The monoisotopic (exact) mass is 456 g/mol. The van der Waals surface area contributed by atoms with Crippen LogP contribution in [0.5, 0.6) is 0 Å². The number of sulfonamides is 1. The Bertz CT molecular complexity index is 1340. The van der Waals surface area contributed by atoms with Crippen molar-refractivity contribution < 1.29 is 13.2 Å². The smallest absolute Gasteiger partial charge is 0.255 e. The quantitative estimate of drug-likeness (QED) is 0.395. The molecule has 6 heteroatoms. The number of carbonyl (C=O) groups excluding carboxylic acids is 1. The summed E-state index contributed by atoms with van der Waals surface area (Å²) in [5.41, 5.74) is 4.46. The van der Waals surface area contributed by atoms with Gasteiger partial charge in [-0.25, -0.2) is 8.42 Å². The maximum atomic E-state index is 12.9. The van der Waals surface area contributed by atoms with Gasteiger partial charge in [0.2, 0.25) is 10.0 Å². The fourth-order valence-corrected chi connectivity index (χ4v) is 4.47. The predicted octanol–water partition coefficient (Wildman–Crippen LogP) is 5.57. The molecule has 33 heavy (non-hydrogen) atoms. The minimum atomic E-state index is -3.50. The molecule has 0 radical (unpaired) electrons. The molecule has 0 atom stereocenters. The second-order valence-corrected chi connectivity index (χ2v) is 9.57. The summed E-state index contributed by atoms with van der Waals surface area (Å²) in [6.45, 7) is 0.218. The fraction of sp³-hybridized carbons (Fsp3) is 0.0741. The molecule has 0 aliphatic rings. The summed E-state index contributed by atoms with van der Waals surface area (Å²) in [6, 6.07) is 33.4. The van der Waals surface area contributed by atoms with E-state index in [9.17, 15) is 13.2 Å². The third kappa shape index (κ3) is 5.48. The number of carbonyl (C=O) groups is 1. The van der Waals surface area contributed by atoms with Gasteiger partial charge in [0, 0.05) is 16.8 Å². The Morgan fingerprint density at radius 1 is 0.758 bits per heavy atom. The average molecular weight is 457 g/mol. The number of para-hydroxylation sites is 1. The van der Waals surface area contributed by atoms with E-state index >= 15 is 0 Å². The predicted molar refractivity (Wildman–Crippen MR) is 134 cm³/mol. The maximum absolute atomic E-state index is 12.9. The van der Waals surface area contributed by atoms with Crippen LogP contribution in [0.15, 0.2) is 109 Å². The van der Waals surface area contributed by atoms with Crippen molar-refractivity contribution in [3.63, 3.8) is 0 Å². The summed E-state index contributed by atoms with van der Waals surface area (Å²) in [7, 11) is -3.50. The fourth-order valence-electron chi connectivity index (χ4n) is 3.58. The highest BCUT2D eigenvalue weighted by Crippen LogP contribution is 2.28. The van der Waals surface area contributed by atoms with Gasteiger partial charge in [0.05, 0.1) is 18.5 Å². The van der Waals surface area contributed by atoms with Gasteiger partial charge in [0.25, 0.3) is 5.91 Å². The molecule has 0 aliphatic heterocycles. The number of nitrogens with zero attached hydrogens (tertiary/aromatic N) is 1. The third-order valence-corrected chi connectivity index (χ3v) is 6.39. The van der Waals surface area contributed by atoms with Crippen molar-refractivity contribution in [1.29, 1.82) is 0 Å². The summed E-state index contributed by atoms with van der Waals surface area (Å²) in [4.78, 5) is 12.9. The number of rotatable bonds is 7. The summed E-state index contributed by atoms with van der Waals surface area (Å²) in [6.07, 6.45) is 1.18. The lowest BCUT2D eigenvalue weighted by Crippen LogP contribution is -2.29. The van der Waals surface area contributed by atoms with Crippen molar-refractivity contribution in [3.8, 4) is 11.1 Å². The first kappa shape index (κ1) is 22.3. The van der Waals surface area contributed by atoms with Crippen molar-refractivity contribution in [1.82, 2.24) is 0 Å². The van der Waals surface area contributed by atoms with Crippen LogP contribution in [0.25, 0.3) is 11.1 Å². The minimum absolute atomic E-state index is 0.218. The van der Waals surface area contributed by atoms with Gasteiger partial charge in [0.15, 0.2) is 0 Å². The number of nitrogens with one attached hydrogen (secondary N) is 1. The van der Waals surface area contributed by atoms with Crippen LogP contribution in [0.4, 0.5) is 11.4 Å². The number of benzene rings is 4. The lowest BCUT2D eigenvalue weighted by Gasteiger charge is -2.22. The van der Waals surface area contributed by atoms with E-state index < -0.39 is 10.0 Å². The number of amides is 1. The first-order chi connectivity index (χ1) is 15.9. The largest absolute Gasteiger partial charge is 0.321 e. The molecule has 4 aromatic rings. The SMILES string of the molecule is CS(=O)(=O)N(Cc1ccccc1)c1ccc(C(=O)Nc2ccccc2-c2ccccc2)cc1. The zero-order valence-electron chi connectivity index (χ0n) is 18.2. The van der Waals surface area contributed by atoms with Crippen molar-refractivity contribution in [3.05, 3.63) is 120 Å². The standard InChI is InChI=1S/C27H24N2O3S/c1-33(31,32)29(20-21-10-4-2-5-11-21)24-18-16-23(17-19-24)27(30)28-26-15-9-8-14-25(26)22-12-6-3-7-13-22/h2-19H,20H2,1H3,(H,28,30). The van der Waals surface area contributed by atoms with Crippen LogP contribution in [0.2, 0.25) is 0 Å². The summed E-state index contributed by atoms with van der Waals surface area (Å²) in [5, 5.41) is 2.97. The second kappa shape index (κ2) is 9.71. The molecule has 5 nitrogen and oxygen atoms in total. The molecule has 1 amide bonds. The highest BCUT2D eigenvalue weighted by molar-refractivity contribution is 7.92. The Labute approximate surface area is 194 Å². The molecule has 0 fully saturated rings. The highest BCUT2D eigenvalue weighted by Gasteiger charge is 2.18. The van der Waals surface area contributed by atoms with Gasteiger partial charge < -0.3 is 5.32 Å². The molecular formula is C27H24N2O3S. The molecule has 4 rings (SSSR count). The van der Waals surface area contributed by atoms with E-state index in [4.69, 9.17) is 0 Å². The van der Waals surface area contributed by atoms with Gasteiger partial charge in [-0.2, -0.15) is 0 Å². The Hall–Kier alpha value is -3.90. The molecule has 0 saturated carbocycles. The van der Waals surface area contributed by atoms with E-state index in [0.29, 0.717) is 16.9 Å². The molecule has 166 valence electrons. The van der Waals surface area contributed by atoms with Gasteiger partial charge >= 0.3 is 0 Å². The van der Waals surface area contributed by atoms with Crippen LogP contribution >= 0.6 is 0 Å². The van der Waals surface area contributed by atoms with E-state index in [2.05, 4.69) is 5.32 Å². The Morgan fingerprint density at radius 2 is 1.33 bits per heavy atom. The van der Waals surface area contributed by atoms with Crippen LogP contribution in [-0.4, -0.2) is 20.6 Å². The number of hydrogen-bond donors (Lipinski definition) is 1. The van der Waals surface area contributed by atoms with Gasteiger partial charge in [-0.15, -0.1) is 0 Å². The Morgan fingerprint density at radius 3 is 1.97 bits per heavy atom. The van der Waals surface area contributed by atoms with E-state index in [1.165, 1.54) is 10.6 Å². The van der Waals surface area contributed by atoms with Crippen molar-refractivity contribution >= 4 is 27.3 Å². The van der Waals surface area contributed by atoms with Crippen molar-refractivity contribution in [2.75, 3.05) is 15.9 Å². The molecule has 0 saturated heterocycles.